The molecule has 0 aliphatic carbocycles. The first kappa shape index (κ1) is 13.6. The normalized spacial score (nSPS) is 19.8. The summed E-state index contributed by atoms with van der Waals surface area (Å²) in [5.41, 5.74) is 0.722. The molecule has 1 aromatic carbocycles. The van der Waals surface area contributed by atoms with Crippen LogP contribution in [-0.4, -0.2) is 25.0 Å². The zero-order valence-corrected chi connectivity index (χ0v) is 12.7. The summed E-state index contributed by atoms with van der Waals surface area (Å²) in [6, 6.07) is 7.81. The molecule has 1 fully saturated rings. The molecule has 2 aromatic rings. The molecule has 1 unspecified atom stereocenters. The van der Waals surface area contributed by atoms with E-state index in [4.69, 9.17) is 4.42 Å². The van der Waals surface area contributed by atoms with Crippen molar-refractivity contribution in [3.8, 4) is 0 Å². The van der Waals surface area contributed by atoms with Crippen molar-refractivity contribution in [2.24, 2.45) is 0 Å². The summed E-state index contributed by atoms with van der Waals surface area (Å²) in [6.07, 6.45) is 3.08. The first-order chi connectivity index (χ1) is 9.74. The van der Waals surface area contributed by atoms with Gasteiger partial charge in [-0.25, -0.2) is 0 Å². The summed E-state index contributed by atoms with van der Waals surface area (Å²) in [5, 5.41) is 7.34. The van der Waals surface area contributed by atoms with Gasteiger partial charge in [-0.3, -0.25) is 4.79 Å². The number of hydrogen-bond acceptors (Lipinski definition) is 3. The minimum Gasteiger partial charge on any atom is -0.450 e. The smallest absolute Gasteiger partial charge is 0.287 e. The van der Waals surface area contributed by atoms with E-state index < -0.39 is 0 Å². The van der Waals surface area contributed by atoms with Crippen LogP contribution >= 0.6 is 15.9 Å². The number of carbonyl (C=O) groups is 1. The molecule has 4 nitrogen and oxygen atoms in total. The predicted octanol–water partition coefficient (Wildman–Crippen LogP) is 3.07. The number of fused-ring (bicyclic) bond motifs is 1. The van der Waals surface area contributed by atoms with E-state index in [0.29, 0.717) is 5.76 Å². The van der Waals surface area contributed by atoms with Gasteiger partial charge in [0.2, 0.25) is 0 Å². The van der Waals surface area contributed by atoms with Gasteiger partial charge in [0.15, 0.2) is 5.76 Å². The molecule has 1 amide bonds. The summed E-state index contributed by atoms with van der Waals surface area (Å²) in [5.74, 6) is 0.254. The number of carbonyl (C=O) groups excluding carboxylic acids is 1. The third kappa shape index (κ3) is 2.88. The third-order valence-corrected chi connectivity index (χ3v) is 4.26. The molecule has 1 atom stereocenters. The van der Waals surface area contributed by atoms with Crippen LogP contribution < -0.4 is 10.6 Å². The first-order valence-electron chi connectivity index (χ1n) is 6.94. The van der Waals surface area contributed by atoms with Crippen molar-refractivity contribution in [3.63, 3.8) is 0 Å². The zero-order chi connectivity index (χ0) is 13.9. The van der Waals surface area contributed by atoms with Crippen LogP contribution in [0.3, 0.4) is 0 Å². The molecular weight excluding hydrogens is 320 g/mol. The van der Waals surface area contributed by atoms with Crippen molar-refractivity contribution >= 4 is 32.8 Å². The van der Waals surface area contributed by atoms with E-state index in [1.807, 2.05) is 18.2 Å². The monoisotopic (exact) mass is 336 g/mol. The van der Waals surface area contributed by atoms with Crippen LogP contribution in [0.2, 0.25) is 0 Å². The number of benzene rings is 1. The van der Waals surface area contributed by atoms with Crippen molar-refractivity contribution in [2.75, 3.05) is 13.1 Å². The largest absolute Gasteiger partial charge is 0.450 e. The second-order valence-corrected chi connectivity index (χ2v) is 5.97. The molecule has 20 heavy (non-hydrogen) atoms. The van der Waals surface area contributed by atoms with Gasteiger partial charge in [0.05, 0.1) is 4.47 Å². The van der Waals surface area contributed by atoms with Crippen molar-refractivity contribution in [1.82, 2.24) is 10.6 Å². The standard InChI is InChI=1S/C15H17BrN2O2/c16-12-5-1-3-10-9-13(20-14(10)12)15(19)18-11-4-2-7-17-8-6-11/h1,3,5,9,11,17H,2,4,6-8H2,(H,18,19). The number of nitrogens with one attached hydrogen (secondary N) is 2. The van der Waals surface area contributed by atoms with Crippen molar-refractivity contribution in [1.29, 1.82) is 0 Å². The topological polar surface area (TPSA) is 54.3 Å². The van der Waals surface area contributed by atoms with Crippen molar-refractivity contribution in [2.45, 2.75) is 25.3 Å². The van der Waals surface area contributed by atoms with E-state index in [-0.39, 0.29) is 11.9 Å². The lowest BCUT2D eigenvalue weighted by Gasteiger charge is -2.14. The van der Waals surface area contributed by atoms with Gasteiger partial charge in [-0.15, -0.1) is 0 Å². The van der Waals surface area contributed by atoms with Gasteiger partial charge in [0, 0.05) is 11.4 Å². The van der Waals surface area contributed by atoms with Gasteiger partial charge in [0.1, 0.15) is 5.58 Å². The molecule has 2 heterocycles. The van der Waals surface area contributed by atoms with Crippen LogP contribution in [0.25, 0.3) is 11.0 Å². The Morgan fingerprint density at radius 1 is 1.35 bits per heavy atom. The van der Waals surface area contributed by atoms with Gasteiger partial charge < -0.3 is 15.1 Å². The molecule has 3 rings (SSSR count). The quantitative estimate of drug-likeness (QED) is 0.886. The second-order valence-electron chi connectivity index (χ2n) is 5.12. The molecule has 1 aliphatic heterocycles. The highest BCUT2D eigenvalue weighted by Gasteiger charge is 2.18. The molecule has 1 saturated heterocycles. The van der Waals surface area contributed by atoms with E-state index in [2.05, 4.69) is 26.6 Å². The Bertz CT molecular complexity index is 615. The number of halogens is 1. The van der Waals surface area contributed by atoms with Gasteiger partial charge in [-0.2, -0.15) is 0 Å². The fourth-order valence-electron chi connectivity index (χ4n) is 2.56. The summed E-state index contributed by atoms with van der Waals surface area (Å²) in [6.45, 7) is 1.99. The van der Waals surface area contributed by atoms with Crippen LogP contribution in [0.1, 0.15) is 29.8 Å². The fraction of sp³-hybridized carbons (Fsp3) is 0.400. The molecule has 1 aliphatic rings. The number of hydrogen-bond donors (Lipinski definition) is 2. The van der Waals surface area contributed by atoms with E-state index >= 15 is 0 Å². The third-order valence-electron chi connectivity index (χ3n) is 3.63. The minimum absolute atomic E-state index is 0.125. The molecule has 0 bridgehead atoms. The lowest BCUT2D eigenvalue weighted by atomic mass is 10.1. The average molecular weight is 337 g/mol. The Balaban J connectivity index is 1.76. The lowest BCUT2D eigenvalue weighted by molar-refractivity contribution is 0.0908. The summed E-state index contributed by atoms with van der Waals surface area (Å²) >= 11 is 3.43. The Kier molecular flexibility index (Phi) is 4.08. The summed E-state index contributed by atoms with van der Waals surface area (Å²) in [7, 11) is 0. The van der Waals surface area contributed by atoms with E-state index in [0.717, 1.165) is 47.8 Å². The van der Waals surface area contributed by atoms with Crippen LogP contribution in [0, 0.1) is 0 Å². The maximum absolute atomic E-state index is 12.3. The van der Waals surface area contributed by atoms with Crippen LogP contribution in [0.15, 0.2) is 33.2 Å². The highest BCUT2D eigenvalue weighted by molar-refractivity contribution is 9.10. The molecule has 1 aromatic heterocycles. The Morgan fingerprint density at radius 3 is 3.10 bits per heavy atom. The minimum atomic E-state index is -0.125. The SMILES string of the molecule is O=C(NC1CCCNCC1)c1cc2cccc(Br)c2o1. The van der Waals surface area contributed by atoms with E-state index in [1.54, 1.807) is 6.07 Å². The first-order valence-corrected chi connectivity index (χ1v) is 7.73. The average Bonchev–Trinajstić information content (AvgIpc) is 2.72. The molecule has 2 N–H and O–H groups in total. The van der Waals surface area contributed by atoms with Crippen LogP contribution in [0.5, 0.6) is 0 Å². The van der Waals surface area contributed by atoms with Crippen molar-refractivity contribution in [3.05, 3.63) is 34.5 Å². The summed E-state index contributed by atoms with van der Waals surface area (Å²) < 4.78 is 6.53. The Hall–Kier alpha value is -1.33. The van der Waals surface area contributed by atoms with Gasteiger partial charge in [-0.1, -0.05) is 12.1 Å². The maximum atomic E-state index is 12.3. The van der Waals surface area contributed by atoms with Gasteiger partial charge in [0.25, 0.3) is 5.91 Å². The van der Waals surface area contributed by atoms with E-state index in [9.17, 15) is 4.79 Å². The molecule has 0 spiro atoms. The Morgan fingerprint density at radius 2 is 2.25 bits per heavy atom. The van der Waals surface area contributed by atoms with Crippen LogP contribution in [0.4, 0.5) is 0 Å². The second kappa shape index (κ2) is 5.97. The lowest BCUT2D eigenvalue weighted by Crippen LogP contribution is -2.35. The van der Waals surface area contributed by atoms with E-state index in [1.165, 1.54) is 0 Å². The number of rotatable bonds is 2. The maximum Gasteiger partial charge on any atom is 0.287 e. The number of amides is 1. The summed E-state index contributed by atoms with van der Waals surface area (Å²) in [4.78, 5) is 12.3. The molecule has 0 saturated carbocycles. The van der Waals surface area contributed by atoms with Crippen LogP contribution in [-0.2, 0) is 0 Å². The highest BCUT2D eigenvalue weighted by atomic mass is 79.9. The molecular formula is C15H17BrN2O2. The highest BCUT2D eigenvalue weighted by Crippen LogP contribution is 2.27. The Labute approximate surface area is 126 Å². The molecule has 106 valence electrons. The zero-order valence-electron chi connectivity index (χ0n) is 11.1. The fourth-order valence-corrected chi connectivity index (χ4v) is 3.02. The molecule has 0 radical (unpaired) electrons. The number of furan rings is 1. The van der Waals surface area contributed by atoms with Crippen molar-refractivity contribution < 1.29 is 9.21 Å². The molecule has 5 heteroatoms. The predicted molar refractivity (Wildman–Crippen MR) is 81.9 cm³/mol. The van der Waals surface area contributed by atoms with Gasteiger partial charge >= 0.3 is 0 Å². The van der Waals surface area contributed by atoms with Gasteiger partial charge in [-0.05, 0) is 60.4 Å². The number of para-hydroxylation sites is 1.